The van der Waals surface area contributed by atoms with E-state index < -0.39 is 12.0 Å². The minimum absolute atomic E-state index is 0.0571. The maximum absolute atomic E-state index is 12.1. The Hall–Kier alpha value is -2.48. The van der Waals surface area contributed by atoms with Gasteiger partial charge in [0.2, 0.25) is 5.13 Å². The SMILES string of the molecule is CCc1nnc(NC(=O)N(C)c2ccccc2C(=O)O)s1. The van der Waals surface area contributed by atoms with E-state index in [2.05, 4.69) is 15.5 Å². The second-order valence-corrected chi connectivity index (χ2v) is 5.23. The predicted molar refractivity (Wildman–Crippen MR) is 80.1 cm³/mol. The van der Waals surface area contributed by atoms with Gasteiger partial charge in [-0.3, -0.25) is 10.2 Å². The summed E-state index contributed by atoms with van der Waals surface area (Å²) >= 11 is 1.29. The number of carboxylic acid groups (broad SMARTS) is 1. The van der Waals surface area contributed by atoms with Crippen molar-refractivity contribution in [2.75, 3.05) is 17.3 Å². The van der Waals surface area contributed by atoms with Crippen LogP contribution in [0.4, 0.5) is 15.6 Å². The van der Waals surface area contributed by atoms with Gasteiger partial charge in [-0.05, 0) is 18.6 Å². The Kier molecular flexibility index (Phi) is 4.49. The van der Waals surface area contributed by atoms with E-state index >= 15 is 0 Å². The number of para-hydroxylation sites is 1. The van der Waals surface area contributed by atoms with Gasteiger partial charge >= 0.3 is 12.0 Å². The number of carbonyl (C=O) groups is 2. The van der Waals surface area contributed by atoms with Gasteiger partial charge in [-0.25, -0.2) is 9.59 Å². The fourth-order valence-corrected chi connectivity index (χ4v) is 2.35. The van der Waals surface area contributed by atoms with Crippen LogP contribution in [0.25, 0.3) is 0 Å². The third-order valence-corrected chi connectivity index (χ3v) is 3.77. The van der Waals surface area contributed by atoms with Gasteiger partial charge in [-0.2, -0.15) is 0 Å². The lowest BCUT2D eigenvalue weighted by atomic mass is 10.1. The molecule has 7 nitrogen and oxygen atoms in total. The zero-order valence-electron chi connectivity index (χ0n) is 11.5. The number of rotatable bonds is 4. The summed E-state index contributed by atoms with van der Waals surface area (Å²) in [6.45, 7) is 1.95. The summed E-state index contributed by atoms with van der Waals surface area (Å²) in [6, 6.07) is 5.83. The number of nitrogens with one attached hydrogen (secondary N) is 1. The zero-order valence-corrected chi connectivity index (χ0v) is 12.3. The summed E-state index contributed by atoms with van der Waals surface area (Å²) in [6.07, 6.45) is 0.741. The Balaban J connectivity index is 2.17. The lowest BCUT2D eigenvalue weighted by Crippen LogP contribution is -2.32. The summed E-state index contributed by atoms with van der Waals surface area (Å²) < 4.78 is 0. The number of carbonyl (C=O) groups excluding carboxylic acids is 1. The number of amides is 2. The molecule has 0 aliphatic rings. The molecule has 0 unspecified atom stereocenters. The zero-order chi connectivity index (χ0) is 15.4. The molecule has 1 heterocycles. The van der Waals surface area contributed by atoms with E-state index in [1.165, 1.54) is 29.4 Å². The maximum Gasteiger partial charge on any atom is 0.337 e. The summed E-state index contributed by atoms with van der Waals surface area (Å²) in [4.78, 5) is 24.5. The van der Waals surface area contributed by atoms with Crippen molar-refractivity contribution in [1.29, 1.82) is 0 Å². The fraction of sp³-hybridized carbons (Fsp3) is 0.231. The second kappa shape index (κ2) is 6.31. The molecule has 110 valence electrons. The van der Waals surface area contributed by atoms with Crippen molar-refractivity contribution in [3.8, 4) is 0 Å². The monoisotopic (exact) mass is 306 g/mol. The highest BCUT2D eigenvalue weighted by Crippen LogP contribution is 2.21. The highest BCUT2D eigenvalue weighted by molar-refractivity contribution is 7.15. The van der Waals surface area contributed by atoms with Crippen molar-refractivity contribution in [1.82, 2.24) is 10.2 Å². The topological polar surface area (TPSA) is 95.4 Å². The number of nitrogens with zero attached hydrogens (tertiary/aromatic N) is 3. The molecule has 2 N–H and O–H groups in total. The average Bonchev–Trinajstić information content (AvgIpc) is 2.94. The van der Waals surface area contributed by atoms with Gasteiger partial charge in [0.15, 0.2) is 0 Å². The minimum atomic E-state index is -1.09. The molecule has 0 saturated heterocycles. The van der Waals surface area contributed by atoms with Gasteiger partial charge in [-0.1, -0.05) is 30.4 Å². The Bertz CT molecular complexity index is 671. The molecule has 0 atom stereocenters. The molecular weight excluding hydrogens is 292 g/mol. The number of urea groups is 1. The van der Waals surface area contributed by atoms with E-state index in [1.54, 1.807) is 18.2 Å². The third kappa shape index (κ3) is 3.34. The van der Waals surface area contributed by atoms with Gasteiger partial charge in [0, 0.05) is 7.05 Å². The Labute approximate surface area is 125 Å². The molecule has 0 saturated carbocycles. The number of carboxylic acids is 1. The van der Waals surface area contributed by atoms with E-state index in [-0.39, 0.29) is 5.56 Å². The second-order valence-electron chi connectivity index (χ2n) is 4.17. The maximum atomic E-state index is 12.1. The molecule has 0 radical (unpaired) electrons. The van der Waals surface area contributed by atoms with E-state index in [1.807, 2.05) is 6.92 Å². The van der Waals surface area contributed by atoms with Crippen LogP contribution in [0.1, 0.15) is 22.3 Å². The Morgan fingerprint density at radius 1 is 1.33 bits per heavy atom. The molecule has 0 bridgehead atoms. The van der Waals surface area contributed by atoms with Gasteiger partial charge < -0.3 is 5.11 Å². The van der Waals surface area contributed by atoms with E-state index in [4.69, 9.17) is 5.11 Å². The molecule has 0 aliphatic carbocycles. The van der Waals surface area contributed by atoms with E-state index in [9.17, 15) is 9.59 Å². The number of hydrogen-bond donors (Lipinski definition) is 2. The molecule has 0 aliphatic heterocycles. The summed E-state index contributed by atoms with van der Waals surface area (Å²) in [7, 11) is 1.50. The van der Waals surface area contributed by atoms with Crippen LogP contribution in [0.2, 0.25) is 0 Å². The minimum Gasteiger partial charge on any atom is -0.478 e. The van der Waals surface area contributed by atoms with Crippen LogP contribution in [-0.2, 0) is 6.42 Å². The largest absolute Gasteiger partial charge is 0.478 e. The summed E-state index contributed by atoms with van der Waals surface area (Å²) in [5, 5.41) is 20.7. The van der Waals surface area contributed by atoms with Crippen molar-refractivity contribution >= 4 is 34.2 Å². The Morgan fingerprint density at radius 3 is 2.67 bits per heavy atom. The number of aryl methyl sites for hydroxylation is 1. The fourth-order valence-electron chi connectivity index (χ4n) is 1.68. The van der Waals surface area contributed by atoms with Gasteiger partial charge in [0.25, 0.3) is 0 Å². The van der Waals surface area contributed by atoms with Crippen LogP contribution < -0.4 is 10.2 Å². The molecule has 1 aromatic carbocycles. The quantitative estimate of drug-likeness (QED) is 0.904. The normalized spacial score (nSPS) is 10.2. The molecule has 1 aromatic heterocycles. The summed E-state index contributed by atoms with van der Waals surface area (Å²) in [5.74, 6) is -1.09. The molecule has 0 spiro atoms. The van der Waals surface area contributed by atoms with E-state index in [0.29, 0.717) is 10.8 Å². The van der Waals surface area contributed by atoms with Crippen LogP contribution >= 0.6 is 11.3 Å². The first kappa shape index (κ1) is 14.9. The number of anilines is 2. The first-order valence-corrected chi connectivity index (χ1v) is 7.04. The molecule has 8 heteroatoms. The number of hydrogen-bond acceptors (Lipinski definition) is 5. The van der Waals surface area contributed by atoms with Gasteiger partial charge in [-0.15, -0.1) is 10.2 Å². The highest BCUT2D eigenvalue weighted by atomic mass is 32.1. The molecule has 21 heavy (non-hydrogen) atoms. The van der Waals surface area contributed by atoms with Gasteiger partial charge in [0.05, 0.1) is 11.3 Å². The number of benzene rings is 1. The molecular formula is C13H14N4O3S. The lowest BCUT2D eigenvalue weighted by Gasteiger charge is -2.18. The molecule has 2 rings (SSSR count). The van der Waals surface area contributed by atoms with Crippen molar-refractivity contribution in [2.45, 2.75) is 13.3 Å². The van der Waals surface area contributed by atoms with Crippen LogP contribution in [0.15, 0.2) is 24.3 Å². The first-order chi connectivity index (χ1) is 10.0. The summed E-state index contributed by atoms with van der Waals surface area (Å²) in [5.41, 5.74) is 0.365. The van der Waals surface area contributed by atoms with Crippen LogP contribution in [0, 0.1) is 0 Å². The molecule has 2 aromatic rings. The Morgan fingerprint density at radius 2 is 2.05 bits per heavy atom. The van der Waals surface area contributed by atoms with E-state index in [0.717, 1.165) is 11.4 Å². The smallest absolute Gasteiger partial charge is 0.337 e. The van der Waals surface area contributed by atoms with Crippen molar-refractivity contribution in [2.24, 2.45) is 0 Å². The van der Waals surface area contributed by atoms with Gasteiger partial charge in [0.1, 0.15) is 5.01 Å². The predicted octanol–water partition coefficient (Wildman–Crippen LogP) is 2.47. The van der Waals surface area contributed by atoms with Crippen LogP contribution in [0.3, 0.4) is 0 Å². The lowest BCUT2D eigenvalue weighted by molar-refractivity contribution is 0.0697. The standard InChI is InChI=1S/C13H14N4O3S/c1-3-10-15-16-12(21-10)14-13(20)17(2)9-7-5-4-6-8(9)11(18)19/h4-7H,3H2,1-2H3,(H,18,19)(H,14,16,20). The highest BCUT2D eigenvalue weighted by Gasteiger charge is 2.18. The van der Waals surface area contributed by atoms with Crippen LogP contribution in [0.5, 0.6) is 0 Å². The third-order valence-electron chi connectivity index (χ3n) is 2.78. The number of aromatic nitrogens is 2. The molecule has 2 amide bonds. The number of aromatic carboxylic acids is 1. The van der Waals surface area contributed by atoms with Crippen molar-refractivity contribution < 1.29 is 14.7 Å². The molecule has 0 fully saturated rings. The average molecular weight is 306 g/mol. The van der Waals surface area contributed by atoms with Crippen molar-refractivity contribution in [3.05, 3.63) is 34.8 Å². The van der Waals surface area contributed by atoms with Crippen molar-refractivity contribution in [3.63, 3.8) is 0 Å². The first-order valence-electron chi connectivity index (χ1n) is 6.22. The van der Waals surface area contributed by atoms with Crippen LogP contribution in [-0.4, -0.2) is 34.4 Å².